The Kier molecular flexibility index (Phi) is 4.67. The Morgan fingerprint density at radius 1 is 0.767 bits per heavy atom. The van der Waals surface area contributed by atoms with Crippen LogP contribution in [0.5, 0.6) is 0 Å². The van der Waals surface area contributed by atoms with Crippen molar-refractivity contribution in [3.8, 4) is 22.8 Å². The molecule has 1 aromatic carbocycles. The van der Waals surface area contributed by atoms with Gasteiger partial charge in [0.05, 0.1) is 16.8 Å². The van der Waals surface area contributed by atoms with Crippen molar-refractivity contribution in [3.63, 3.8) is 0 Å². The zero-order valence-electron chi connectivity index (χ0n) is 26.6. The quantitative estimate of drug-likeness (QED) is 0.211. The average molecular weight is 571 g/mol. The fourth-order valence-electron chi connectivity index (χ4n) is 8.80. The maximum absolute atomic E-state index is 5.67. The van der Waals surface area contributed by atoms with E-state index in [9.17, 15) is 0 Å². The van der Waals surface area contributed by atoms with Crippen LogP contribution in [0.25, 0.3) is 33.5 Å². The van der Waals surface area contributed by atoms with Crippen molar-refractivity contribution in [1.82, 2.24) is 19.6 Å². The van der Waals surface area contributed by atoms with Crippen molar-refractivity contribution in [1.29, 1.82) is 0 Å². The van der Waals surface area contributed by atoms with Crippen LogP contribution in [-0.2, 0) is 35.0 Å². The summed E-state index contributed by atoms with van der Waals surface area (Å²) < 4.78 is 9.70. The normalized spacial score (nSPS) is 22.2. The lowest BCUT2D eigenvalue weighted by molar-refractivity contribution is -0.990. The molecule has 5 aromatic rings. The van der Waals surface area contributed by atoms with E-state index in [-0.39, 0.29) is 16.2 Å². The highest BCUT2D eigenvalue weighted by atomic mass is 15.7. The van der Waals surface area contributed by atoms with Crippen LogP contribution in [0, 0.1) is 0 Å². The third kappa shape index (κ3) is 3.00. The number of nitrogens with zero attached hydrogens (tertiary/aromatic N) is 6. The van der Waals surface area contributed by atoms with Crippen molar-refractivity contribution < 1.29 is 9.13 Å². The molecule has 2 aliphatic carbocycles. The van der Waals surface area contributed by atoms with Crippen molar-refractivity contribution in [2.24, 2.45) is 0 Å². The highest BCUT2D eigenvalue weighted by Gasteiger charge is 2.72. The molecule has 0 amide bonds. The maximum Gasteiger partial charge on any atom is 0.583 e. The largest absolute Gasteiger partial charge is 0.583 e. The number of hydrogen-bond donors (Lipinski definition) is 0. The SMILES string of the molecule is CC(C)(C)c1cc[n+](C23n4nc5c(c4-c4cc6ccccc6c([n+]42)-c2c4c(nn23)C(C)(C)CCC4)CCCC5(C)C)cc1. The predicted molar refractivity (Wildman–Crippen MR) is 168 cm³/mol. The van der Waals surface area contributed by atoms with Gasteiger partial charge in [-0.1, -0.05) is 75.8 Å². The molecule has 4 aromatic heterocycles. The second-order valence-corrected chi connectivity index (χ2v) is 15.8. The Balaban J connectivity index is 1.49. The summed E-state index contributed by atoms with van der Waals surface area (Å²) in [6, 6.07) is 16.0. The van der Waals surface area contributed by atoms with Gasteiger partial charge in [-0.15, -0.1) is 9.36 Å². The first-order valence-electron chi connectivity index (χ1n) is 16.2. The molecule has 2 aliphatic heterocycles. The van der Waals surface area contributed by atoms with Gasteiger partial charge in [-0.3, -0.25) is 0 Å². The van der Waals surface area contributed by atoms with Gasteiger partial charge < -0.3 is 0 Å². The highest BCUT2D eigenvalue weighted by Crippen LogP contribution is 2.51. The summed E-state index contributed by atoms with van der Waals surface area (Å²) >= 11 is 0. The molecule has 1 unspecified atom stereocenters. The van der Waals surface area contributed by atoms with Crippen LogP contribution in [0.2, 0.25) is 0 Å². The lowest BCUT2D eigenvalue weighted by atomic mass is 9.76. The summed E-state index contributed by atoms with van der Waals surface area (Å²) in [5.41, 5.74) is 11.9. The minimum absolute atomic E-state index is 0.0257. The molecule has 0 bridgehead atoms. The summed E-state index contributed by atoms with van der Waals surface area (Å²) in [5.74, 6) is -0.809. The van der Waals surface area contributed by atoms with Crippen molar-refractivity contribution >= 4 is 10.8 Å². The first kappa shape index (κ1) is 25.7. The summed E-state index contributed by atoms with van der Waals surface area (Å²) in [5, 5.41) is 13.9. The molecule has 1 atom stereocenters. The average Bonchev–Trinajstić information content (AvgIpc) is 3.67. The van der Waals surface area contributed by atoms with Gasteiger partial charge >= 0.3 is 5.91 Å². The highest BCUT2D eigenvalue weighted by molar-refractivity contribution is 5.96. The van der Waals surface area contributed by atoms with Crippen molar-refractivity contribution in [3.05, 3.63) is 82.9 Å². The monoisotopic (exact) mass is 570 g/mol. The van der Waals surface area contributed by atoms with E-state index in [1.54, 1.807) is 0 Å². The Labute approximate surface area is 254 Å². The molecule has 6 nitrogen and oxygen atoms in total. The Bertz CT molecular complexity index is 2010. The van der Waals surface area contributed by atoms with E-state index in [4.69, 9.17) is 10.2 Å². The second kappa shape index (κ2) is 7.82. The maximum atomic E-state index is 5.67. The van der Waals surface area contributed by atoms with Crippen molar-refractivity contribution in [2.75, 3.05) is 0 Å². The smallest absolute Gasteiger partial charge is 0.163 e. The number of rotatable bonds is 1. The number of pyridine rings is 2. The zero-order valence-corrected chi connectivity index (χ0v) is 26.6. The van der Waals surface area contributed by atoms with Gasteiger partial charge in [-0.2, -0.15) is 10.2 Å². The van der Waals surface area contributed by atoms with Crippen molar-refractivity contribution in [2.45, 2.75) is 109 Å². The van der Waals surface area contributed by atoms with Crippen LogP contribution in [0.15, 0.2) is 54.9 Å². The lowest BCUT2D eigenvalue weighted by Crippen LogP contribution is -2.77. The van der Waals surface area contributed by atoms with Crippen LogP contribution in [0.1, 0.15) is 102 Å². The number of fused-ring (bicyclic) bond motifs is 12. The third-order valence-corrected chi connectivity index (χ3v) is 11.1. The fraction of sp³-hybridized carbons (Fsp3) is 0.459. The summed E-state index contributed by atoms with van der Waals surface area (Å²) in [4.78, 5) is 0. The first-order valence-corrected chi connectivity index (χ1v) is 16.2. The molecule has 6 heterocycles. The van der Waals surface area contributed by atoms with Gasteiger partial charge in [0.25, 0.3) is 5.69 Å². The van der Waals surface area contributed by atoms with E-state index < -0.39 is 5.91 Å². The fourth-order valence-corrected chi connectivity index (χ4v) is 8.80. The van der Waals surface area contributed by atoms with E-state index in [2.05, 4.69) is 122 Å². The van der Waals surface area contributed by atoms with Gasteiger partial charge in [0.15, 0.2) is 23.8 Å². The van der Waals surface area contributed by atoms with Gasteiger partial charge in [-0.25, -0.2) is 0 Å². The molecule has 0 saturated heterocycles. The summed E-state index contributed by atoms with van der Waals surface area (Å²) in [6.07, 6.45) is 11.4. The van der Waals surface area contributed by atoms with E-state index >= 15 is 0 Å². The molecule has 43 heavy (non-hydrogen) atoms. The van der Waals surface area contributed by atoms with Gasteiger partial charge in [0, 0.05) is 40.2 Å². The summed E-state index contributed by atoms with van der Waals surface area (Å²) in [6.45, 7) is 16.4. The van der Waals surface area contributed by atoms with Crippen LogP contribution < -0.4 is 9.13 Å². The minimum Gasteiger partial charge on any atom is -0.163 e. The molecule has 0 saturated carbocycles. The molecule has 0 radical (unpaired) electrons. The van der Waals surface area contributed by atoms with Crippen LogP contribution in [0.3, 0.4) is 0 Å². The minimum atomic E-state index is -0.809. The third-order valence-electron chi connectivity index (χ3n) is 11.1. The molecule has 218 valence electrons. The topological polar surface area (TPSA) is 43.4 Å². The molecule has 0 N–H and O–H groups in total. The Hall–Kier alpha value is -3.80. The molecule has 4 aliphatic rings. The second-order valence-electron chi connectivity index (χ2n) is 15.8. The Morgan fingerprint density at radius 3 is 1.98 bits per heavy atom. The van der Waals surface area contributed by atoms with E-state index in [0.29, 0.717) is 0 Å². The number of aromatic nitrogens is 6. The van der Waals surface area contributed by atoms with Gasteiger partial charge in [-0.05, 0) is 61.0 Å². The van der Waals surface area contributed by atoms with Crippen LogP contribution >= 0.6 is 0 Å². The van der Waals surface area contributed by atoms with Crippen LogP contribution in [-0.4, -0.2) is 19.6 Å². The van der Waals surface area contributed by atoms with Gasteiger partial charge in [0.1, 0.15) is 0 Å². The molecule has 0 fully saturated rings. The predicted octanol–water partition coefficient (Wildman–Crippen LogP) is 6.51. The molecule has 0 spiro atoms. The lowest BCUT2D eigenvalue weighted by Gasteiger charge is -2.29. The zero-order chi connectivity index (χ0) is 29.7. The number of benzene rings is 1. The standard InChI is InChI=1S/C37H42N6/c1-34(2,3)24-16-20-40(21-17-24)37-41-28(29-26-14-10-18-35(4,5)32(26)38-42(29)37)22-23-12-8-9-13-25(23)30(41)31-27-15-11-19-36(6,7)33(27)39-43(31)37/h8-9,12-13,16-17,20-22H,10-11,14-15,18-19H2,1-7H3/q+2. The first-order chi connectivity index (χ1) is 20.4. The molecular formula is C37H42N6+2. The molecular weight excluding hydrogens is 528 g/mol. The van der Waals surface area contributed by atoms with E-state index in [1.807, 2.05) is 0 Å². The molecule has 6 heteroatoms. The van der Waals surface area contributed by atoms with Crippen LogP contribution in [0.4, 0.5) is 0 Å². The van der Waals surface area contributed by atoms with E-state index in [1.165, 1.54) is 74.5 Å². The van der Waals surface area contributed by atoms with Gasteiger partial charge in [0.2, 0.25) is 5.69 Å². The number of hydrogen-bond acceptors (Lipinski definition) is 2. The Morgan fingerprint density at radius 2 is 1.35 bits per heavy atom. The molecule has 9 rings (SSSR count). The van der Waals surface area contributed by atoms with E-state index in [0.717, 1.165) is 25.7 Å². The summed E-state index contributed by atoms with van der Waals surface area (Å²) in [7, 11) is 0.